The van der Waals surface area contributed by atoms with Crippen molar-refractivity contribution in [2.75, 3.05) is 12.4 Å². The van der Waals surface area contributed by atoms with Crippen LogP contribution in [0.1, 0.15) is 42.1 Å². The molecule has 1 unspecified atom stereocenters. The number of hydrogen-bond acceptors (Lipinski definition) is 6. The molecule has 1 heterocycles. The van der Waals surface area contributed by atoms with Gasteiger partial charge < -0.3 is 25.3 Å². The maximum absolute atomic E-state index is 13.3. The number of amides is 2. The van der Waals surface area contributed by atoms with Crippen molar-refractivity contribution in [3.63, 3.8) is 0 Å². The predicted octanol–water partition coefficient (Wildman–Crippen LogP) is 4.62. The van der Waals surface area contributed by atoms with E-state index in [1.165, 1.54) is 37.6 Å². The van der Waals surface area contributed by atoms with E-state index in [1.807, 2.05) is 0 Å². The molecule has 1 aliphatic carbocycles. The second-order valence-corrected chi connectivity index (χ2v) is 8.90. The van der Waals surface area contributed by atoms with Crippen LogP contribution in [0.15, 0.2) is 52.7 Å². The van der Waals surface area contributed by atoms with E-state index < -0.39 is 17.9 Å². The van der Waals surface area contributed by atoms with Crippen LogP contribution in [0.3, 0.4) is 0 Å². The lowest BCUT2D eigenvalue weighted by molar-refractivity contribution is -0.159. The fourth-order valence-electron chi connectivity index (χ4n) is 3.95. The Morgan fingerprint density at radius 3 is 2.53 bits per heavy atom. The standard InChI is InChI=1S/C26H27F2N3O5/c1-14-4-7-16(10-18(14)24(29)32)31-25(33)19-13-30-20(15-5-6-15)12-22(19)35-21-9-8-17(11-23(21)34-3)36-26(2,27)28/h4,7-11,13,15,20H,5-6,12H2,1-3H3,(H2,29,32)(H,31,33). The third kappa shape index (κ3) is 5.99. The molecule has 3 N–H and O–H groups in total. The van der Waals surface area contributed by atoms with Gasteiger partial charge in [0.1, 0.15) is 11.5 Å². The molecule has 0 aromatic heterocycles. The molecule has 0 radical (unpaired) electrons. The van der Waals surface area contributed by atoms with Gasteiger partial charge in [0.05, 0.1) is 18.7 Å². The van der Waals surface area contributed by atoms with E-state index in [-0.39, 0.29) is 28.9 Å². The van der Waals surface area contributed by atoms with Gasteiger partial charge in [0.2, 0.25) is 5.91 Å². The van der Waals surface area contributed by atoms with Gasteiger partial charge >= 0.3 is 6.11 Å². The van der Waals surface area contributed by atoms with Crippen LogP contribution >= 0.6 is 0 Å². The molecule has 10 heteroatoms. The highest BCUT2D eigenvalue weighted by Crippen LogP contribution is 2.41. The molecule has 2 aromatic carbocycles. The molecule has 1 atom stereocenters. The summed E-state index contributed by atoms with van der Waals surface area (Å²) < 4.78 is 42.6. The first kappa shape index (κ1) is 25.2. The van der Waals surface area contributed by atoms with Gasteiger partial charge in [0, 0.05) is 36.9 Å². The third-order valence-electron chi connectivity index (χ3n) is 5.93. The van der Waals surface area contributed by atoms with Crippen molar-refractivity contribution in [1.29, 1.82) is 0 Å². The number of nitrogens with one attached hydrogen (secondary N) is 1. The normalized spacial score (nSPS) is 17.5. The zero-order chi connectivity index (χ0) is 26.0. The minimum absolute atomic E-state index is 0.0234. The topological polar surface area (TPSA) is 112 Å². The van der Waals surface area contributed by atoms with Crippen molar-refractivity contribution in [1.82, 2.24) is 0 Å². The number of halogens is 2. The van der Waals surface area contributed by atoms with Gasteiger partial charge in [-0.05, 0) is 55.5 Å². The fourth-order valence-corrected chi connectivity index (χ4v) is 3.95. The highest BCUT2D eigenvalue weighted by atomic mass is 19.3. The number of aliphatic imine (C=N–C) groups is 1. The molecule has 1 aliphatic heterocycles. The van der Waals surface area contributed by atoms with Crippen LogP contribution in [0.2, 0.25) is 0 Å². The van der Waals surface area contributed by atoms with E-state index in [0.29, 0.717) is 41.8 Å². The van der Waals surface area contributed by atoms with Gasteiger partial charge in [-0.15, -0.1) is 0 Å². The summed E-state index contributed by atoms with van der Waals surface area (Å²) in [6, 6.07) is 8.91. The molecule has 1 fully saturated rings. The number of alkyl halides is 2. The summed E-state index contributed by atoms with van der Waals surface area (Å²) >= 11 is 0. The van der Waals surface area contributed by atoms with Gasteiger partial charge in [0.25, 0.3) is 5.91 Å². The van der Waals surface area contributed by atoms with Crippen LogP contribution in [-0.4, -0.2) is 37.3 Å². The number of rotatable bonds is 9. The van der Waals surface area contributed by atoms with Crippen LogP contribution in [0.25, 0.3) is 0 Å². The largest absolute Gasteiger partial charge is 0.493 e. The van der Waals surface area contributed by atoms with E-state index in [0.717, 1.165) is 12.8 Å². The number of anilines is 1. The zero-order valence-electron chi connectivity index (χ0n) is 20.1. The average molecular weight is 500 g/mol. The molecule has 36 heavy (non-hydrogen) atoms. The number of ether oxygens (including phenoxy) is 3. The van der Waals surface area contributed by atoms with Crippen LogP contribution in [0, 0.1) is 12.8 Å². The summed E-state index contributed by atoms with van der Waals surface area (Å²) in [6.45, 7) is 2.39. The molecule has 2 aliphatic rings. The molecule has 2 amide bonds. The molecule has 190 valence electrons. The monoisotopic (exact) mass is 499 g/mol. The first-order valence-corrected chi connectivity index (χ1v) is 11.4. The summed E-state index contributed by atoms with van der Waals surface area (Å²) in [5, 5.41) is 2.76. The number of dihydropyridines is 1. The zero-order valence-corrected chi connectivity index (χ0v) is 20.1. The molecule has 0 bridgehead atoms. The van der Waals surface area contributed by atoms with Gasteiger partial charge in [-0.3, -0.25) is 14.6 Å². The van der Waals surface area contributed by atoms with E-state index >= 15 is 0 Å². The molecule has 0 spiro atoms. The number of nitrogens with two attached hydrogens (primary N) is 1. The molecule has 8 nitrogen and oxygen atoms in total. The van der Waals surface area contributed by atoms with Crippen LogP contribution < -0.4 is 25.3 Å². The highest BCUT2D eigenvalue weighted by Gasteiger charge is 2.35. The van der Waals surface area contributed by atoms with Gasteiger partial charge in [-0.25, -0.2) is 0 Å². The number of carbonyl (C=O) groups excluding carboxylic acids is 2. The van der Waals surface area contributed by atoms with Crippen molar-refractivity contribution in [2.45, 2.75) is 45.3 Å². The van der Waals surface area contributed by atoms with Crippen LogP contribution in [0.5, 0.6) is 17.2 Å². The average Bonchev–Trinajstić information content (AvgIpc) is 3.65. The molecule has 2 aromatic rings. The van der Waals surface area contributed by atoms with Crippen molar-refractivity contribution in [2.24, 2.45) is 16.6 Å². The van der Waals surface area contributed by atoms with E-state index in [1.54, 1.807) is 19.1 Å². The van der Waals surface area contributed by atoms with Crippen molar-refractivity contribution >= 4 is 23.7 Å². The number of hydrogen-bond donors (Lipinski definition) is 2. The second kappa shape index (κ2) is 9.96. The Morgan fingerprint density at radius 1 is 1.14 bits per heavy atom. The number of aryl methyl sites for hydroxylation is 1. The lowest BCUT2D eigenvalue weighted by Crippen LogP contribution is -2.25. The quantitative estimate of drug-likeness (QED) is 0.523. The van der Waals surface area contributed by atoms with Gasteiger partial charge in [0.15, 0.2) is 11.5 Å². The maximum Gasteiger partial charge on any atom is 0.394 e. The maximum atomic E-state index is 13.3. The molecule has 1 saturated carbocycles. The summed E-state index contributed by atoms with van der Waals surface area (Å²) in [5.41, 5.74) is 7.01. The minimum atomic E-state index is -3.36. The Morgan fingerprint density at radius 2 is 1.89 bits per heavy atom. The molecular weight excluding hydrogens is 472 g/mol. The van der Waals surface area contributed by atoms with Crippen molar-refractivity contribution < 1.29 is 32.6 Å². The second-order valence-electron chi connectivity index (χ2n) is 8.90. The van der Waals surface area contributed by atoms with E-state index in [4.69, 9.17) is 15.2 Å². The van der Waals surface area contributed by atoms with Gasteiger partial charge in [-0.2, -0.15) is 8.78 Å². The Labute approximate surface area is 207 Å². The number of nitrogens with zero attached hydrogens (tertiary/aromatic N) is 1. The Kier molecular flexibility index (Phi) is 6.96. The molecule has 4 rings (SSSR count). The smallest absolute Gasteiger partial charge is 0.394 e. The summed E-state index contributed by atoms with van der Waals surface area (Å²) in [5.74, 6) is 0.0216. The summed E-state index contributed by atoms with van der Waals surface area (Å²) in [6.07, 6.45) is 0.622. The Bertz CT molecular complexity index is 1250. The first-order chi connectivity index (χ1) is 17.0. The first-order valence-electron chi connectivity index (χ1n) is 11.4. The van der Waals surface area contributed by atoms with Crippen LogP contribution in [-0.2, 0) is 4.79 Å². The Balaban J connectivity index is 1.62. The minimum Gasteiger partial charge on any atom is -0.493 e. The number of carbonyl (C=O) groups is 2. The lowest BCUT2D eigenvalue weighted by Gasteiger charge is -2.23. The number of benzene rings is 2. The highest BCUT2D eigenvalue weighted by molar-refractivity contribution is 6.18. The fraction of sp³-hybridized carbons (Fsp3) is 0.346. The molecule has 0 saturated heterocycles. The third-order valence-corrected chi connectivity index (χ3v) is 5.93. The van der Waals surface area contributed by atoms with E-state index in [9.17, 15) is 18.4 Å². The lowest BCUT2D eigenvalue weighted by atomic mass is 10.0. The number of primary amides is 1. The summed E-state index contributed by atoms with van der Waals surface area (Å²) in [4.78, 5) is 29.4. The van der Waals surface area contributed by atoms with Crippen molar-refractivity contribution in [3.8, 4) is 17.2 Å². The summed E-state index contributed by atoms with van der Waals surface area (Å²) in [7, 11) is 1.38. The SMILES string of the molecule is COc1cc(OC(C)(F)F)ccc1OC1=C(C(=O)Nc2ccc(C)c(C(N)=O)c2)C=NC(C2CC2)C1. The molecular formula is C26H27F2N3O5. The Hall–Kier alpha value is -3.95. The van der Waals surface area contributed by atoms with Crippen LogP contribution in [0.4, 0.5) is 14.5 Å². The predicted molar refractivity (Wildman–Crippen MR) is 130 cm³/mol. The van der Waals surface area contributed by atoms with E-state index in [2.05, 4.69) is 15.0 Å². The van der Waals surface area contributed by atoms with Gasteiger partial charge in [-0.1, -0.05) is 6.07 Å². The number of methoxy groups -OCH3 is 1. The van der Waals surface area contributed by atoms with Crippen molar-refractivity contribution in [3.05, 3.63) is 58.9 Å².